The van der Waals surface area contributed by atoms with Crippen LogP contribution in [0, 0.1) is 11.8 Å². The highest BCUT2D eigenvalue weighted by Gasteiger charge is 2.60. The maximum absolute atomic E-state index is 14.5. The largest absolute Gasteiger partial charge is 0.508 e. The molecule has 0 radical (unpaired) electrons. The number of hydrogen-bond donors (Lipinski definition) is 4. The van der Waals surface area contributed by atoms with Crippen molar-refractivity contribution < 1.29 is 29.7 Å². The zero-order valence-electron chi connectivity index (χ0n) is 26.1. The van der Waals surface area contributed by atoms with Crippen LogP contribution < -0.4 is 10.6 Å². The van der Waals surface area contributed by atoms with Gasteiger partial charge in [-0.1, -0.05) is 32.9 Å². The molecule has 0 aliphatic heterocycles. The van der Waals surface area contributed by atoms with Crippen molar-refractivity contribution in [1.82, 2.24) is 4.90 Å². The van der Waals surface area contributed by atoms with E-state index >= 15 is 0 Å². The molecule has 9 nitrogen and oxygen atoms in total. The van der Waals surface area contributed by atoms with Crippen LogP contribution in [-0.4, -0.2) is 77.5 Å². The minimum absolute atomic E-state index is 0.100. The Labute approximate surface area is 252 Å². The van der Waals surface area contributed by atoms with Gasteiger partial charge in [0.1, 0.15) is 22.7 Å². The van der Waals surface area contributed by atoms with Crippen molar-refractivity contribution in [3.05, 3.63) is 69.5 Å². The number of aliphatic hydroxyl groups excluding tert-OH is 1. The molecule has 2 aromatic carbocycles. The van der Waals surface area contributed by atoms with Crippen molar-refractivity contribution in [2.24, 2.45) is 17.6 Å². The molecule has 2 aromatic rings. The monoisotopic (exact) mass is 587 g/mol. The highest BCUT2D eigenvalue weighted by molar-refractivity contribution is 6.22. The van der Waals surface area contributed by atoms with Crippen molar-refractivity contribution >= 4 is 23.2 Å². The molecule has 5 N–H and O–H groups in total. The molecule has 0 saturated heterocycles. The molecule has 0 aromatic heterocycles. The van der Waals surface area contributed by atoms with Crippen LogP contribution in [0.1, 0.15) is 55.6 Å². The number of aliphatic hydroxyl groups is 2. The van der Waals surface area contributed by atoms with Gasteiger partial charge in [0, 0.05) is 36.8 Å². The number of phenolic OH excluding ortho intramolecular Hbond substituents is 1. The van der Waals surface area contributed by atoms with Crippen LogP contribution in [0.5, 0.6) is 5.75 Å². The van der Waals surface area contributed by atoms with E-state index in [0.717, 1.165) is 16.8 Å². The number of rotatable bonds is 4. The molecule has 5 rings (SSSR count). The van der Waals surface area contributed by atoms with Gasteiger partial charge in [0.15, 0.2) is 11.6 Å². The van der Waals surface area contributed by atoms with Gasteiger partial charge in [-0.05, 0) is 85.7 Å². The van der Waals surface area contributed by atoms with Crippen molar-refractivity contribution in [2.75, 3.05) is 33.1 Å². The first-order valence-corrected chi connectivity index (χ1v) is 14.5. The van der Waals surface area contributed by atoms with E-state index in [0.29, 0.717) is 17.5 Å². The lowest BCUT2D eigenvalue weighted by Crippen LogP contribution is -2.62. The molecule has 1 amide bonds. The van der Waals surface area contributed by atoms with Gasteiger partial charge in [-0.15, -0.1) is 0 Å². The molecule has 43 heavy (non-hydrogen) atoms. The third kappa shape index (κ3) is 4.40. The van der Waals surface area contributed by atoms with Gasteiger partial charge in [-0.3, -0.25) is 19.3 Å². The van der Waals surface area contributed by atoms with Gasteiger partial charge in [0.2, 0.25) is 0 Å². The molecular formula is C34H41N3O6. The fraction of sp³-hybridized carbons (Fsp3) is 0.441. The lowest BCUT2D eigenvalue weighted by Gasteiger charge is -2.51. The number of amides is 1. The zero-order valence-corrected chi connectivity index (χ0v) is 26.1. The van der Waals surface area contributed by atoms with E-state index in [4.69, 9.17) is 5.73 Å². The first-order chi connectivity index (χ1) is 19.9. The number of phenols is 1. The number of carbonyl (C=O) groups excluding carboxylic acids is 3. The SMILES string of the molecule is CC1=C2C(=O)c3c(O)c(C(C)(C)C)cc(-c4ccc(N(C)C)cc4)c3C[C@H]2C[C@H]2[C@H](N(C)C)C(=O)C(C(N)=O)=C(O)[C@@]12O. The summed E-state index contributed by atoms with van der Waals surface area (Å²) in [4.78, 5) is 43.9. The normalized spacial score (nSPS) is 25.5. The van der Waals surface area contributed by atoms with Crippen LogP contribution >= 0.6 is 0 Å². The van der Waals surface area contributed by atoms with Crippen LogP contribution in [0.4, 0.5) is 5.69 Å². The summed E-state index contributed by atoms with van der Waals surface area (Å²) in [7, 11) is 7.26. The third-order valence-corrected chi connectivity index (χ3v) is 9.59. The van der Waals surface area contributed by atoms with Crippen LogP contribution in [0.2, 0.25) is 0 Å². The summed E-state index contributed by atoms with van der Waals surface area (Å²) in [6.45, 7) is 7.46. The van der Waals surface area contributed by atoms with Crippen LogP contribution in [0.15, 0.2) is 52.8 Å². The zero-order chi connectivity index (χ0) is 31.9. The Morgan fingerprint density at radius 1 is 1.05 bits per heavy atom. The number of Topliss-reactive ketones (excluding diaryl/α,β-unsaturated/α-hetero) is 2. The quantitative estimate of drug-likeness (QED) is 0.397. The predicted octanol–water partition coefficient (Wildman–Crippen LogP) is 3.66. The Kier molecular flexibility index (Phi) is 7.14. The molecule has 0 bridgehead atoms. The van der Waals surface area contributed by atoms with Crippen molar-refractivity contribution in [2.45, 2.75) is 57.6 Å². The first-order valence-electron chi connectivity index (χ1n) is 14.5. The molecule has 228 valence electrons. The average molecular weight is 588 g/mol. The van der Waals surface area contributed by atoms with Crippen molar-refractivity contribution in [3.8, 4) is 16.9 Å². The van der Waals surface area contributed by atoms with E-state index < -0.39 is 57.7 Å². The number of carbonyl (C=O) groups is 3. The lowest BCUT2D eigenvalue weighted by atomic mass is 9.56. The Morgan fingerprint density at radius 3 is 2.16 bits per heavy atom. The highest BCUT2D eigenvalue weighted by Crippen LogP contribution is 2.55. The number of fused-ring (bicyclic) bond motifs is 3. The molecule has 0 heterocycles. The van der Waals surface area contributed by atoms with Gasteiger partial charge in [-0.2, -0.15) is 0 Å². The van der Waals surface area contributed by atoms with E-state index in [2.05, 4.69) is 0 Å². The van der Waals surface area contributed by atoms with Gasteiger partial charge < -0.3 is 26.0 Å². The van der Waals surface area contributed by atoms with Crippen molar-refractivity contribution in [1.29, 1.82) is 0 Å². The molecule has 3 aliphatic rings. The van der Waals surface area contributed by atoms with E-state index in [1.807, 2.05) is 70.1 Å². The Morgan fingerprint density at radius 2 is 1.65 bits per heavy atom. The number of anilines is 1. The molecule has 0 saturated carbocycles. The Hall–Kier alpha value is -3.95. The summed E-state index contributed by atoms with van der Waals surface area (Å²) in [6, 6.07) is 9.04. The number of primary amides is 1. The van der Waals surface area contributed by atoms with E-state index in [1.54, 1.807) is 25.9 Å². The second kappa shape index (κ2) is 10.1. The summed E-state index contributed by atoms with van der Waals surface area (Å²) >= 11 is 0. The Balaban J connectivity index is 1.79. The summed E-state index contributed by atoms with van der Waals surface area (Å²) in [6.07, 6.45) is 0.574. The fourth-order valence-electron chi connectivity index (χ4n) is 7.42. The Bertz CT molecular complexity index is 1630. The lowest BCUT2D eigenvalue weighted by molar-refractivity contribution is -0.133. The standard InChI is InChI=1S/C34H41N3O6/c1-16-24-18(14-22-27(37(7)8)30(40)26(32(35)42)31(41)34(16,22)43)13-21-20(17-9-11-19(12-10-17)36(5)6)15-23(33(2,3)4)28(38)25(21)29(24)39/h9-12,15,18,22,27,38,41,43H,13-14H2,1-8H3,(H2,35,42)/t18-,22-,27-,34+/m0/s1. The van der Waals surface area contributed by atoms with Crippen molar-refractivity contribution in [3.63, 3.8) is 0 Å². The van der Waals surface area contributed by atoms with E-state index in [1.165, 1.54) is 0 Å². The number of nitrogens with zero attached hydrogens (tertiary/aromatic N) is 2. The van der Waals surface area contributed by atoms with E-state index in [9.17, 15) is 29.7 Å². The van der Waals surface area contributed by atoms with Crippen LogP contribution in [0.3, 0.4) is 0 Å². The van der Waals surface area contributed by atoms with Crippen LogP contribution in [0.25, 0.3) is 11.1 Å². The minimum Gasteiger partial charge on any atom is -0.508 e. The predicted molar refractivity (Wildman–Crippen MR) is 165 cm³/mol. The van der Waals surface area contributed by atoms with Gasteiger partial charge in [0.25, 0.3) is 5.91 Å². The maximum atomic E-state index is 14.5. The smallest absolute Gasteiger partial charge is 0.255 e. The molecular weight excluding hydrogens is 546 g/mol. The third-order valence-electron chi connectivity index (χ3n) is 9.59. The molecule has 4 atom stereocenters. The number of allylic oxidation sites excluding steroid dienone is 1. The topological polar surface area (TPSA) is 144 Å². The number of nitrogens with two attached hydrogens (primary N) is 1. The molecule has 3 aliphatic carbocycles. The summed E-state index contributed by atoms with van der Waals surface area (Å²) < 4.78 is 0. The number of aromatic hydroxyl groups is 1. The minimum atomic E-state index is -2.16. The second-order valence-corrected chi connectivity index (χ2v) is 13.6. The van der Waals surface area contributed by atoms with Crippen LogP contribution in [-0.2, 0) is 21.4 Å². The number of likely N-dealkylation sites (N-methyl/N-ethyl adjacent to an activating group) is 1. The number of hydrogen-bond acceptors (Lipinski definition) is 8. The molecule has 9 heteroatoms. The van der Waals surface area contributed by atoms with E-state index in [-0.39, 0.29) is 28.9 Å². The first kappa shape index (κ1) is 30.5. The summed E-state index contributed by atoms with van der Waals surface area (Å²) in [5.74, 6) is -4.38. The van der Waals surface area contributed by atoms with Gasteiger partial charge in [-0.25, -0.2) is 0 Å². The van der Waals surface area contributed by atoms with Gasteiger partial charge in [0.05, 0.1) is 11.6 Å². The molecule has 0 unspecified atom stereocenters. The second-order valence-electron chi connectivity index (χ2n) is 13.6. The van der Waals surface area contributed by atoms with Gasteiger partial charge >= 0.3 is 0 Å². The fourth-order valence-corrected chi connectivity index (χ4v) is 7.42. The molecule has 0 fully saturated rings. The highest BCUT2D eigenvalue weighted by atomic mass is 16.3. The number of benzene rings is 2. The summed E-state index contributed by atoms with van der Waals surface area (Å²) in [5.41, 5.74) is 6.93. The number of ketones is 2. The maximum Gasteiger partial charge on any atom is 0.255 e. The summed E-state index contributed by atoms with van der Waals surface area (Å²) in [5, 5.41) is 35.1. The average Bonchev–Trinajstić information content (AvgIpc) is 2.90. The molecule has 0 spiro atoms.